The summed E-state index contributed by atoms with van der Waals surface area (Å²) in [4.78, 5) is 21.1. The van der Waals surface area contributed by atoms with Crippen molar-refractivity contribution in [2.45, 2.75) is 13.8 Å². The summed E-state index contributed by atoms with van der Waals surface area (Å²) >= 11 is 0. The van der Waals surface area contributed by atoms with E-state index in [4.69, 9.17) is 15.8 Å². The summed E-state index contributed by atoms with van der Waals surface area (Å²) in [7, 11) is 0. The molecule has 1 aromatic rings. The second kappa shape index (κ2) is 8.57. The maximum absolute atomic E-state index is 13.9. The summed E-state index contributed by atoms with van der Waals surface area (Å²) in [6, 6.07) is 6.21. The fourth-order valence-electron chi connectivity index (χ4n) is 1.88. The van der Waals surface area contributed by atoms with E-state index in [1.807, 2.05) is 0 Å². The number of hydrogen-bond acceptors (Lipinski definition) is 8. The lowest BCUT2D eigenvalue weighted by Gasteiger charge is -2.14. The Hall–Kier alpha value is -4.23. The van der Waals surface area contributed by atoms with E-state index in [0.717, 1.165) is 12.1 Å². The number of carbonyl (C=O) groups is 1. The molecule has 0 aromatic heterocycles. The van der Waals surface area contributed by atoms with Crippen molar-refractivity contribution in [3.8, 4) is 18.2 Å². The SMILES string of the molecule is CC(=O)C=C(C)Nc1cc(F)c([N+](=O)[O-])cc1NC(C#N)=C(C#N)C#N. The molecule has 1 rings (SSSR count). The van der Waals surface area contributed by atoms with Gasteiger partial charge in [-0.05, 0) is 19.9 Å². The monoisotopic (exact) mass is 354 g/mol. The average molecular weight is 354 g/mol. The zero-order chi connectivity index (χ0) is 19.9. The lowest BCUT2D eigenvalue weighted by atomic mass is 10.2. The molecule has 0 amide bonds. The van der Waals surface area contributed by atoms with Crippen LogP contribution in [-0.4, -0.2) is 10.7 Å². The van der Waals surface area contributed by atoms with Crippen molar-refractivity contribution in [1.29, 1.82) is 15.8 Å². The molecule has 1 aromatic carbocycles. The van der Waals surface area contributed by atoms with Crippen molar-refractivity contribution < 1.29 is 14.1 Å². The fraction of sp³-hybridized carbons (Fsp3) is 0.125. The van der Waals surface area contributed by atoms with Gasteiger partial charge in [-0.25, -0.2) is 0 Å². The van der Waals surface area contributed by atoms with E-state index < -0.39 is 27.7 Å². The minimum atomic E-state index is -1.15. The third-order valence-corrected chi connectivity index (χ3v) is 2.88. The van der Waals surface area contributed by atoms with Crippen molar-refractivity contribution >= 4 is 22.8 Å². The molecule has 2 N–H and O–H groups in total. The lowest BCUT2D eigenvalue weighted by Crippen LogP contribution is -2.07. The summed E-state index contributed by atoms with van der Waals surface area (Å²) < 4.78 is 13.9. The van der Waals surface area contributed by atoms with E-state index in [2.05, 4.69) is 10.6 Å². The average Bonchev–Trinajstić information content (AvgIpc) is 2.55. The van der Waals surface area contributed by atoms with Crippen LogP contribution in [0.2, 0.25) is 0 Å². The molecule has 0 unspecified atom stereocenters. The van der Waals surface area contributed by atoms with Crippen LogP contribution in [0.5, 0.6) is 0 Å². The Kier molecular flexibility index (Phi) is 6.53. The first-order chi connectivity index (χ1) is 12.2. The Balaban J connectivity index is 3.55. The number of nitriles is 3. The highest BCUT2D eigenvalue weighted by Crippen LogP contribution is 2.32. The molecule has 0 saturated carbocycles. The maximum Gasteiger partial charge on any atom is 0.307 e. The van der Waals surface area contributed by atoms with E-state index in [-0.39, 0.29) is 17.2 Å². The molecule has 0 radical (unpaired) electrons. The molecule has 130 valence electrons. The minimum absolute atomic E-state index is 0.0360. The largest absolute Gasteiger partial charge is 0.357 e. The minimum Gasteiger partial charge on any atom is -0.357 e. The number of nitro benzene ring substituents is 1. The Labute approximate surface area is 147 Å². The van der Waals surface area contributed by atoms with Crippen molar-refractivity contribution in [2.75, 3.05) is 10.6 Å². The van der Waals surface area contributed by atoms with Gasteiger partial charge in [0.05, 0.1) is 16.3 Å². The van der Waals surface area contributed by atoms with Gasteiger partial charge in [-0.1, -0.05) is 0 Å². The number of anilines is 2. The Morgan fingerprint density at radius 1 is 1.15 bits per heavy atom. The maximum atomic E-state index is 13.9. The zero-order valence-electron chi connectivity index (χ0n) is 13.6. The van der Waals surface area contributed by atoms with Crippen molar-refractivity contribution in [3.05, 3.63) is 51.1 Å². The van der Waals surface area contributed by atoms with Gasteiger partial charge in [0.2, 0.25) is 5.82 Å². The van der Waals surface area contributed by atoms with Gasteiger partial charge >= 0.3 is 5.69 Å². The summed E-state index contributed by atoms with van der Waals surface area (Å²) in [5.74, 6) is -1.44. The van der Waals surface area contributed by atoms with Crippen LogP contribution < -0.4 is 10.6 Å². The molecule has 0 aliphatic heterocycles. The second-order valence-corrected chi connectivity index (χ2v) is 4.88. The third kappa shape index (κ3) is 4.88. The molecule has 0 aliphatic rings. The molecule has 10 heteroatoms. The fourth-order valence-corrected chi connectivity index (χ4v) is 1.88. The van der Waals surface area contributed by atoms with Gasteiger partial charge in [-0.2, -0.15) is 20.2 Å². The number of carbonyl (C=O) groups excluding carboxylic acids is 1. The van der Waals surface area contributed by atoms with Gasteiger partial charge in [-0.15, -0.1) is 0 Å². The number of nitrogens with zero attached hydrogens (tertiary/aromatic N) is 4. The molecule has 26 heavy (non-hydrogen) atoms. The Bertz CT molecular complexity index is 944. The summed E-state index contributed by atoms with van der Waals surface area (Å²) in [6.07, 6.45) is 1.21. The van der Waals surface area contributed by atoms with Crippen LogP contribution >= 0.6 is 0 Å². The van der Waals surface area contributed by atoms with E-state index in [1.165, 1.54) is 32.1 Å². The van der Waals surface area contributed by atoms with Crippen LogP contribution in [0.1, 0.15) is 13.8 Å². The first-order valence-corrected chi connectivity index (χ1v) is 6.88. The van der Waals surface area contributed by atoms with E-state index in [0.29, 0.717) is 5.70 Å². The van der Waals surface area contributed by atoms with Crippen LogP contribution in [-0.2, 0) is 4.79 Å². The summed E-state index contributed by atoms with van der Waals surface area (Å²) in [6.45, 7) is 2.80. The smallest absolute Gasteiger partial charge is 0.307 e. The number of halogens is 1. The van der Waals surface area contributed by atoms with E-state index in [9.17, 15) is 19.3 Å². The highest BCUT2D eigenvalue weighted by molar-refractivity contribution is 5.89. The van der Waals surface area contributed by atoms with E-state index in [1.54, 1.807) is 6.07 Å². The van der Waals surface area contributed by atoms with Gasteiger partial charge in [0.25, 0.3) is 0 Å². The number of nitrogens with one attached hydrogen (secondary N) is 2. The predicted octanol–water partition coefficient (Wildman–Crippen LogP) is 2.88. The number of allylic oxidation sites excluding steroid dienone is 4. The molecular weight excluding hydrogens is 343 g/mol. The predicted molar refractivity (Wildman–Crippen MR) is 88.6 cm³/mol. The Morgan fingerprint density at radius 2 is 1.73 bits per heavy atom. The molecule has 0 atom stereocenters. The standard InChI is InChI=1S/C16H11FN6O3/c1-9(3-10(2)24)21-13-4-12(17)16(23(25)26)5-14(13)22-15(8-20)11(6-18)7-19/h3-5,21-22H,1-2H3. The van der Waals surface area contributed by atoms with Crippen molar-refractivity contribution in [3.63, 3.8) is 0 Å². The second-order valence-electron chi connectivity index (χ2n) is 4.88. The molecule has 0 heterocycles. The molecule has 0 spiro atoms. The lowest BCUT2D eigenvalue weighted by molar-refractivity contribution is -0.387. The molecular formula is C16H11FN6O3. The van der Waals surface area contributed by atoms with Crippen LogP contribution in [0.15, 0.2) is 35.2 Å². The van der Waals surface area contributed by atoms with Crippen LogP contribution in [0.3, 0.4) is 0 Å². The van der Waals surface area contributed by atoms with Gasteiger partial charge in [0.15, 0.2) is 11.4 Å². The quantitative estimate of drug-likeness (QED) is 0.342. The first-order valence-electron chi connectivity index (χ1n) is 6.88. The van der Waals surface area contributed by atoms with Crippen LogP contribution in [0, 0.1) is 49.9 Å². The molecule has 0 fully saturated rings. The van der Waals surface area contributed by atoms with Gasteiger partial charge < -0.3 is 10.6 Å². The molecule has 0 saturated heterocycles. The summed E-state index contributed by atoms with van der Waals surface area (Å²) in [5.41, 5.74) is -1.76. The number of nitro groups is 1. The number of benzene rings is 1. The first kappa shape index (κ1) is 19.8. The van der Waals surface area contributed by atoms with Crippen molar-refractivity contribution in [2.24, 2.45) is 0 Å². The third-order valence-electron chi connectivity index (χ3n) is 2.88. The molecule has 0 aliphatic carbocycles. The highest BCUT2D eigenvalue weighted by Gasteiger charge is 2.20. The molecule has 9 nitrogen and oxygen atoms in total. The van der Waals surface area contributed by atoms with Gasteiger partial charge in [0.1, 0.15) is 23.9 Å². The van der Waals surface area contributed by atoms with Crippen LogP contribution in [0.4, 0.5) is 21.5 Å². The highest BCUT2D eigenvalue weighted by atomic mass is 19.1. The number of ketones is 1. The topological polar surface area (TPSA) is 156 Å². The van der Waals surface area contributed by atoms with Gasteiger partial charge in [0, 0.05) is 17.8 Å². The normalized spacial score (nSPS) is 9.92. The van der Waals surface area contributed by atoms with E-state index >= 15 is 0 Å². The van der Waals surface area contributed by atoms with Crippen molar-refractivity contribution in [1.82, 2.24) is 0 Å². The number of hydrogen-bond donors (Lipinski definition) is 2. The summed E-state index contributed by atoms with van der Waals surface area (Å²) in [5, 5.41) is 42.8. The van der Waals surface area contributed by atoms with Crippen LogP contribution in [0.25, 0.3) is 0 Å². The van der Waals surface area contributed by atoms with Gasteiger partial charge in [-0.3, -0.25) is 14.9 Å². The number of rotatable bonds is 6. The molecule has 0 bridgehead atoms. The zero-order valence-corrected chi connectivity index (χ0v) is 13.6. The Morgan fingerprint density at radius 3 is 2.19 bits per heavy atom.